The molecule has 0 spiro atoms. The Morgan fingerprint density at radius 2 is 1.72 bits per heavy atom. The smallest absolute Gasteiger partial charge is 0.266 e. The van der Waals surface area contributed by atoms with E-state index in [2.05, 4.69) is 32.6 Å². The molecule has 0 aliphatic heterocycles. The second-order valence-corrected chi connectivity index (χ2v) is 8.92. The van der Waals surface area contributed by atoms with Crippen molar-refractivity contribution in [3.8, 4) is 11.5 Å². The number of rotatable bonds is 11. The molecule has 0 saturated carbocycles. The Morgan fingerprint density at radius 1 is 1.03 bits per heavy atom. The third-order valence-corrected chi connectivity index (χ3v) is 6.60. The Bertz CT molecular complexity index is 1010. The van der Waals surface area contributed by atoms with E-state index in [1.165, 1.54) is 16.9 Å². The van der Waals surface area contributed by atoms with Crippen molar-refractivity contribution in [1.82, 2.24) is 9.88 Å². The predicted octanol–water partition coefficient (Wildman–Crippen LogP) is 5.18. The van der Waals surface area contributed by atoms with E-state index in [-0.39, 0.29) is 12.5 Å². The van der Waals surface area contributed by atoms with Crippen molar-refractivity contribution in [1.29, 1.82) is 0 Å². The molecular weight excluding hydrogens is 422 g/mol. The molecule has 0 saturated heterocycles. The van der Waals surface area contributed by atoms with E-state index in [0.29, 0.717) is 23.3 Å². The zero-order valence-electron chi connectivity index (χ0n) is 19.6. The Morgan fingerprint density at radius 3 is 2.34 bits per heavy atom. The molecule has 0 aliphatic rings. The highest BCUT2D eigenvalue weighted by atomic mass is 32.1. The van der Waals surface area contributed by atoms with E-state index >= 15 is 0 Å². The summed E-state index contributed by atoms with van der Waals surface area (Å²) in [4.78, 5) is 22.0. The summed E-state index contributed by atoms with van der Waals surface area (Å²) < 4.78 is 12.1. The van der Waals surface area contributed by atoms with Gasteiger partial charge < -0.3 is 14.4 Å². The molecule has 1 heterocycles. The van der Waals surface area contributed by atoms with Crippen molar-refractivity contribution >= 4 is 32.6 Å². The van der Waals surface area contributed by atoms with Crippen molar-refractivity contribution in [3.63, 3.8) is 0 Å². The summed E-state index contributed by atoms with van der Waals surface area (Å²) in [6, 6.07) is 13.7. The van der Waals surface area contributed by atoms with Gasteiger partial charge in [0, 0.05) is 13.1 Å². The molecule has 7 heteroatoms. The molecule has 172 valence electrons. The number of benzene rings is 2. The molecule has 0 fully saturated rings. The summed E-state index contributed by atoms with van der Waals surface area (Å²) in [7, 11) is 1.65. The van der Waals surface area contributed by atoms with Gasteiger partial charge in [-0.05, 0) is 54.9 Å². The predicted molar refractivity (Wildman–Crippen MR) is 132 cm³/mol. The fourth-order valence-corrected chi connectivity index (χ4v) is 4.45. The first-order chi connectivity index (χ1) is 15.4. The van der Waals surface area contributed by atoms with E-state index in [0.717, 1.165) is 35.6 Å². The fourth-order valence-electron chi connectivity index (χ4n) is 3.42. The fraction of sp³-hybridized carbons (Fsp3) is 0.440. The molecule has 0 unspecified atom stereocenters. The number of ether oxygens (including phenoxy) is 2. The molecule has 1 aromatic heterocycles. The van der Waals surface area contributed by atoms with Crippen molar-refractivity contribution in [3.05, 3.63) is 48.0 Å². The molecule has 3 aromatic rings. The van der Waals surface area contributed by atoms with Crippen LogP contribution in [0, 0.1) is 0 Å². The van der Waals surface area contributed by atoms with Gasteiger partial charge in [-0.3, -0.25) is 9.69 Å². The van der Waals surface area contributed by atoms with Gasteiger partial charge in [-0.15, -0.1) is 0 Å². The Labute approximate surface area is 194 Å². The summed E-state index contributed by atoms with van der Waals surface area (Å²) in [5.74, 6) is 1.83. The van der Waals surface area contributed by atoms with E-state index in [1.807, 2.05) is 42.5 Å². The number of hydrogen-bond acceptors (Lipinski definition) is 6. The first-order valence-corrected chi connectivity index (χ1v) is 12.0. The number of anilines is 1. The molecule has 1 amide bonds. The summed E-state index contributed by atoms with van der Waals surface area (Å²) in [6.07, 6.45) is 0. The van der Waals surface area contributed by atoms with Gasteiger partial charge >= 0.3 is 0 Å². The van der Waals surface area contributed by atoms with E-state index in [9.17, 15) is 4.79 Å². The number of amides is 1. The van der Waals surface area contributed by atoms with Crippen LogP contribution in [0.5, 0.6) is 11.5 Å². The lowest BCUT2D eigenvalue weighted by Crippen LogP contribution is -2.41. The summed E-state index contributed by atoms with van der Waals surface area (Å²) in [5, 5.41) is 0.684. The minimum atomic E-state index is -0.101. The molecule has 32 heavy (non-hydrogen) atoms. The van der Waals surface area contributed by atoms with Gasteiger partial charge in [0.1, 0.15) is 11.5 Å². The Kier molecular flexibility index (Phi) is 8.47. The van der Waals surface area contributed by atoms with Gasteiger partial charge in [-0.2, -0.15) is 0 Å². The minimum absolute atomic E-state index is 0.0292. The highest BCUT2D eigenvalue weighted by Crippen LogP contribution is 2.31. The van der Waals surface area contributed by atoms with Crippen LogP contribution in [0.2, 0.25) is 0 Å². The number of thiazole rings is 1. The van der Waals surface area contributed by atoms with E-state index in [1.54, 1.807) is 12.0 Å². The molecular formula is C25H33N3O3S. The van der Waals surface area contributed by atoms with Crippen molar-refractivity contribution in [2.45, 2.75) is 33.6 Å². The Hall–Kier alpha value is -2.64. The second-order valence-electron chi connectivity index (χ2n) is 7.91. The number of carbonyl (C=O) groups is 1. The van der Waals surface area contributed by atoms with Crippen molar-refractivity contribution < 1.29 is 14.3 Å². The molecule has 0 aliphatic carbocycles. The van der Waals surface area contributed by atoms with Gasteiger partial charge in [0.2, 0.25) is 0 Å². The SMILES string of the molecule is CCN(CC)CCN(C(=O)COc1ccc(C(C)C)cc1)c1nc2ccc(OC)cc2s1. The van der Waals surface area contributed by atoms with Crippen LogP contribution in [-0.2, 0) is 4.79 Å². The number of methoxy groups -OCH3 is 1. The third kappa shape index (κ3) is 5.99. The summed E-state index contributed by atoms with van der Waals surface area (Å²) in [6.45, 7) is 11.8. The topological polar surface area (TPSA) is 54.9 Å². The lowest BCUT2D eigenvalue weighted by atomic mass is 10.0. The lowest BCUT2D eigenvalue weighted by molar-refractivity contribution is -0.120. The Balaban J connectivity index is 1.77. The molecule has 6 nitrogen and oxygen atoms in total. The number of aromatic nitrogens is 1. The van der Waals surface area contributed by atoms with Crippen LogP contribution in [0.1, 0.15) is 39.2 Å². The maximum atomic E-state index is 13.2. The maximum absolute atomic E-state index is 13.2. The highest BCUT2D eigenvalue weighted by Gasteiger charge is 2.21. The van der Waals surface area contributed by atoms with Crippen LogP contribution >= 0.6 is 11.3 Å². The van der Waals surface area contributed by atoms with Crippen LogP contribution in [0.3, 0.4) is 0 Å². The van der Waals surface area contributed by atoms with E-state index in [4.69, 9.17) is 14.5 Å². The van der Waals surface area contributed by atoms with Gasteiger partial charge in [0.15, 0.2) is 11.7 Å². The average Bonchev–Trinajstić information content (AvgIpc) is 3.23. The number of hydrogen-bond donors (Lipinski definition) is 0. The maximum Gasteiger partial charge on any atom is 0.266 e. The van der Waals surface area contributed by atoms with Gasteiger partial charge in [-0.1, -0.05) is 51.2 Å². The first-order valence-electron chi connectivity index (χ1n) is 11.1. The van der Waals surface area contributed by atoms with Crippen LogP contribution in [0.15, 0.2) is 42.5 Å². The molecule has 0 bridgehead atoms. The quantitative estimate of drug-likeness (QED) is 0.399. The monoisotopic (exact) mass is 455 g/mol. The molecule has 0 atom stereocenters. The third-order valence-electron chi connectivity index (χ3n) is 5.56. The van der Waals surface area contributed by atoms with Crippen LogP contribution in [-0.4, -0.2) is 55.7 Å². The number of nitrogens with zero attached hydrogens (tertiary/aromatic N) is 3. The first kappa shape index (κ1) is 24.0. The second kappa shape index (κ2) is 11.3. The zero-order chi connectivity index (χ0) is 23.1. The van der Waals surface area contributed by atoms with Crippen LogP contribution in [0.25, 0.3) is 10.2 Å². The number of carbonyl (C=O) groups excluding carboxylic acids is 1. The number of fused-ring (bicyclic) bond motifs is 1. The summed E-state index contributed by atoms with van der Waals surface area (Å²) >= 11 is 1.50. The highest BCUT2D eigenvalue weighted by molar-refractivity contribution is 7.22. The van der Waals surface area contributed by atoms with Gasteiger partial charge in [0.25, 0.3) is 5.91 Å². The normalized spacial score (nSPS) is 11.3. The van der Waals surface area contributed by atoms with E-state index < -0.39 is 0 Å². The standard InChI is InChI=1S/C25H33N3O3S/c1-6-27(7-2)14-15-28(25-26-22-13-12-21(30-5)16-23(22)32-25)24(29)17-31-20-10-8-19(9-11-20)18(3)4/h8-13,16,18H,6-7,14-15,17H2,1-5H3. The molecule has 2 aromatic carbocycles. The van der Waals surface area contributed by atoms with Crippen LogP contribution in [0.4, 0.5) is 5.13 Å². The summed E-state index contributed by atoms with van der Waals surface area (Å²) in [5.41, 5.74) is 2.10. The number of likely N-dealkylation sites (N-methyl/N-ethyl adjacent to an activating group) is 1. The van der Waals surface area contributed by atoms with Gasteiger partial charge in [-0.25, -0.2) is 4.98 Å². The van der Waals surface area contributed by atoms with Gasteiger partial charge in [0.05, 0.1) is 17.3 Å². The molecule has 0 radical (unpaired) electrons. The minimum Gasteiger partial charge on any atom is -0.497 e. The molecule has 3 rings (SSSR count). The van der Waals surface area contributed by atoms with Crippen LogP contribution < -0.4 is 14.4 Å². The zero-order valence-corrected chi connectivity index (χ0v) is 20.4. The average molecular weight is 456 g/mol. The lowest BCUT2D eigenvalue weighted by Gasteiger charge is -2.24. The largest absolute Gasteiger partial charge is 0.497 e. The molecule has 0 N–H and O–H groups in total. The van der Waals surface area contributed by atoms with Crippen molar-refractivity contribution in [2.75, 3.05) is 44.8 Å². The van der Waals surface area contributed by atoms with Crippen molar-refractivity contribution in [2.24, 2.45) is 0 Å².